The van der Waals surface area contributed by atoms with Crippen LogP contribution in [0.2, 0.25) is 0 Å². The second-order valence-corrected chi connectivity index (χ2v) is 4.47. The van der Waals surface area contributed by atoms with E-state index in [0.29, 0.717) is 11.9 Å². The molecule has 0 aromatic carbocycles. The van der Waals surface area contributed by atoms with E-state index in [-0.39, 0.29) is 0 Å². The zero-order chi connectivity index (χ0) is 9.97. The molecule has 2 rings (SSSR count). The van der Waals surface area contributed by atoms with Crippen molar-refractivity contribution in [3.63, 3.8) is 0 Å². The molecule has 1 amide bonds. The minimum Gasteiger partial charge on any atom is -0.338 e. The van der Waals surface area contributed by atoms with Crippen molar-refractivity contribution in [3.8, 4) is 0 Å². The van der Waals surface area contributed by atoms with Crippen LogP contribution in [-0.4, -0.2) is 36.5 Å². The zero-order valence-corrected chi connectivity index (χ0v) is 8.96. The van der Waals surface area contributed by atoms with Crippen LogP contribution in [-0.2, 0) is 4.79 Å². The highest BCUT2D eigenvalue weighted by atomic mass is 16.2. The molecule has 2 saturated heterocycles. The van der Waals surface area contributed by atoms with Crippen molar-refractivity contribution in [1.82, 2.24) is 10.2 Å². The van der Waals surface area contributed by atoms with Gasteiger partial charge in [0.1, 0.15) is 0 Å². The van der Waals surface area contributed by atoms with Crippen LogP contribution >= 0.6 is 0 Å². The van der Waals surface area contributed by atoms with Gasteiger partial charge in [-0.2, -0.15) is 0 Å². The van der Waals surface area contributed by atoms with E-state index in [0.717, 1.165) is 38.4 Å². The maximum atomic E-state index is 11.8. The Morgan fingerprint density at radius 1 is 1.50 bits per heavy atom. The first-order valence-corrected chi connectivity index (χ1v) is 5.83. The Labute approximate surface area is 85.8 Å². The number of carbonyl (C=O) groups is 1. The molecule has 2 fully saturated rings. The van der Waals surface area contributed by atoms with Crippen molar-refractivity contribution in [3.05, 3.63) is 0 Å². The number of nitrogens with one attached hydrogen (secondary N) is 1. The van der Waals surface area contributed by atoms with Gasteiger partial charge in [-0.05, 0) is 25.2 Å². The maximum Gasteiger partial charge on any atom is 0.222 e. The number of nitrogens with zero attached hydrogens (tertiary/aromatic N) is 1. The molecule has 3 heteroatoms. The van der Waals surface area contributed by atoms with Gasteiger partial charge < -0.3 is 10.2 Å². The van der Waals surface area contributed by atoms with E-state index < -0.39 is 0 Å². The van der Waals surface area contributed by atoms with E-state index in [1.807, 2.05) is 0 Å². The lowest BCUT2D eigenvalue weighted by molar-refractivity contribution is -0.135. The number of amides is 1. The number of hydrogen-bond acceptors (Lipinski definition) is 2. The number of carbonyl (C=O) groups excluding carboxylic acids is 1. The highest BCUT2D eigenvalue weighted by molar-refractivity contribution is 5.76. The van der Waals surface area contributed by atoms with Crippen LogP contribution in [0, 0.1) is 5.92 Å². The van der Waals surface area contributed by atoms with Gasteiger partial charge in [-0.25, -0.2) is 0 Å². The van der Waals surface area contributed by atoms with Crippen LogP contribution in [0.5, 0.6) is 0 Å². The molecule has 2 unspecified atom stereocenters. The van der Waals surface area contributed by atoms with Gasteiger partial charge >= 0.3 is 0 Å². The van der Waals surface area contributed by atoms with E-state index in [1.165, 1.54) is 12.8 Å². The Balaban J connectivity index is 1.99. The van der Waals surface area contributed by atoms with Crippen molar-refractivity contribution in [2.75, 3.05) is 19.6 Å². The normalized spacial score (nSPS) is 31.6. The summed E-state index contributed by atoms with van der Waals surface area (Å²) in [5, 5.41) is 3.40. The van der Waals surface area contributed by atoms with Crippen molar-refractivity contribution in [2.45, 2.75) is 38.6 Å². The summed E-state index contributed by atoms with van der Waals surface area (Å²) in [4.78, 5) is 14.0. The molecule has 0 aromatic heterocycles. The van der Waals surface area contributed by atoms with Gasteiger partial charge in [-0.3, -0.25) is 4.79 Å². The topological polar surface area (TPSA) is 32.3 Å². The molecule has 0 aliphatic carbocycles. The predicted molar refractivity (Wildman–Crippen MR) is 56.0 cm³/mol. The molecule has 80 valence electrons. The number of piperidine rings is 1. The van der Waals surface area contributed by atoms with Gasteiger partial charge in [0.15, 0.2) is 0 Å². The van der Waals surface area contributed by atoms with E-state index in [9.17, 15) is 4.79 Å². The van der Waals surface area contributed by atoms with Crippen LogP contribution < -0.4 is 5.32 Å². The molecule has 2 atom stereocenters. The van der Waals surface area contributed by atoms with Crippen LogP contribution in [0.1, 0.15) is 32.6 Å². The third-order valence-corrected chi connectivity index (χ3v) is 3.46. The SMILES string of the molecule is CCCC(=O)N1CCCC2CNCC21. The molecule has 1 N–H and O–H groups in total. The smallest absolute Gasteiger partial charge is 0.222 e. The van der Waals surface area contributed by atoms with Crippen molar-refractivity contribution >= 4 is 5.91 Å². The van der Waals surface area contributed by atoms with E-state index >= 15 is 0 Å². The summed E-state index contributed by atoms with van der Waals surface area (Å²) in [6.07, 6.45) is 4.19. The standard InChI is InChI=1S/C11H20N2O/c1-2-4-11(14)13-6-3-5-9-7-12-8-10(9)13/h9-10,12H,2-8H2,1H3. The van der Waals surface area contributed by atoms with Crippen molar-refractivity contribution < 1.29 is 4.79 Å². The Kier molecular flexibility index (Phi) is 3.06. The van der Waals surface area contributed by atoms with E-state index in [1.54, 1.807) is 0 Å². The van der Waals surface area contributed by atoms with Crippen LogP contribution in [0.25, 0.3) is 0 Å². The predicted octanol–water partition coefficient (Wildman–Crippen LogP) is 0.997. The molecule has 0 saturated carbocycles. The molecule has 0 spiro atoms. The summed E-state index contributed by atoms with van der Waals surface area (Å²) in [6.45, 7) is 5.19. The summed E-state index contributed by atoms with van der Waals surface area (Å²) in [6, 6.07) is 0.503. The molecule has 3 nitrogen and oxygen atoms in total. The third-order valence-electron chi connectivity index (χ3n) is 3.46. The second kappa shape index (κ2) is 4.30. The van der Waals surface area contributed by atoms with E-state index in [4.69, 9.17) is 0 Å². The lowest BCUT2D eigenvalue weighted by Gasteiger charge is -2.37. The first kappa shape index (κ1) is 9.97. The summed E-state index contributed by atoms with van der Waals surface area (Å²) in [7, 11) is 0. The number of rotatable bonds is 2. The van der Waals surface area contributed by atoms with Gasteiger partial charge in [-0.1, -0.05) is 6.92 Å². The minimum absolute atomic E-state index is 0.367. The first-order valence-electron chi connectivity index (χ1n) is 5.83. The minimum atomic E-state index is 0.367. The quantitative estimate of drug-likeness (QED) is 0.714. The monoisotopic (exact) mass is 196 g/mol. The maximum absolute atomic E-state index is 11.8. The molecule has 2 aliphatic rings. The molecular weight excluding hydrogens is 176 g/mol. The average molecular weight is 196 g/mol. The Morgan fingerprint density at radius 2 is 2.36 bits per heavy atom. The first-order chi connectivity index (χ1) is 6.83. The Hall–Kier alpha value is -0.570. The lowest BCUT2D eigenvalue weighted by Crippen LogP contribution is -2.48. The summed E-state index contributed by atoms with van der Waals surface area (Å²) in [5.74, 6) is 1.09. The molecule has 0 aromatic rings. The molecule has 2 heterocycles. The Morgan fingerprint density at radius 3 is 3.14 bits per heavy atom. The molecule has 0 radical (unpaired) electrons. The fourth-order valence-electron chi connectivity index (χ4n) is 2.74. The summed E-state index contributed by atoms with van der Waals surface area (Å²) < 4.78 is 0. The van der Waals surface area contributed by atoms with Crippen molar-refractivity contribution in [1.29, 1.82) is 0 Å². The van der Waals surface area contributed by atoms with Gasteiger partial charge in [0.05, 0.1) is 0 Å². The number of fused-ring (bicyclic) bond motifs is 1. The van der Waals surface area contributed by atoms with Gasteiger partial charge in [-0.15, -0.1) is 0 Å². The molecule has 14 heavy (non-hydrogen) atoms. The molecule has 0 bridgehead atoms. The van der Waals surface area contributed by atoms with Gasteiger partial charge in [0.2, 0.25) is 5.91 Å². The second-order valence-electron chi connectivity index (χ2n) is 4.47. The molecular formula is C11H20N2O. The largest absolute Gasteiger partial charge is 0.338 e. The molecule has 2 aliphatic heterocycles. The van der Waals surface area contributed by atoms with E-state index in [2.05, 4.69) is 17.1 Å². The van der Waals surface area contributed by atoms with Crippen LogP contribution in [0.3, 0.4) is 0 Å². The number of likely N-dealkylation sites (tertiary alicyclic amines) is 1. The van der Waals surface area contributed by atoms with Crippen LogP contribution in [0.4, 0.5) is 0 Å². The zero-order valence-electron chi connectivity index (χ0n) is 8.96. The highest BCUT2D eigenvalue weighted by Crippen LogP contribution is 2.26. The number of hydrogen-bond donors (Lipinski definition) is 1. The van der Waals surface area contributed by atoms with Crippen molar-refractivity contribution in [2.24, 2.45) is 5.92 Å². The summed E-state index contributed by atoms with van der Waals surface area (Å²) in [5.41, 5.74) is 0. The third kappa shape index (κ3) is 1.78. The average Bonchev–Trinajstić information content (AvgIpc) is 2.65. The fourth-order valence-corrected chi connectivity index (χ4v) is 2.74. The van der Waals surface area contributed by atoms with Gasteiger partial charge in [0, 0.05) is 32.1 Å². The fraction of sp³-hybridized carbons (Fsp3) is 0.909. The summed E-state index contributed by atoms with van der Waals surface area (Å²) >= 11 is 0. The highest BCUT2D eigenvalue weighted by Gasteiger charge is 2.36. The Bertz CT molecular complexity index is 217. The lowest BCUT2D eigenvalue weighted by atomic mass is 9.92. The van der Waals surface area contributed by atoms with Gasteiger partial charge in [0.25, 0.3) is 0 Å². The van der Waals surface area contributed by atoms with Crippen LogP contribution in [0.15, 0.2) is 0 Å².